The minimum absolute atomic E-state index is 0.0137. The smallest absolute Gasteiger partial charge is 0.253 e. The van der Waals surface area contributed by atoms with Crippen molar-refractivity contribution in [1.82, 2.24) is 10.2 Å². The fourth-order valence-electron chi connectivity index (χ4n) is 2.41. The van der Waals surface area contributed by atoms with Crippen molar-refractivity contribution in [2.24, 2.45) is 0 Å². The molecule has 2 rings (SSSR count). The summed E-state index contributed by atoms with van der Waals surface area (Å²) in [6, 6.07) is 17.5. The molecule has 0 aliphatic rings. The van der Waals surface area contributed by atoms with Crippen molar-refractivity contribution in [3.8, 4) is 0 Å². The topological polar surface area (TPSA) is 49.4 Å². The molecule has 4 nitrogen and oxygen atoms in total. The number of aryl methyl sites for hydroxylation is 1. The summed E-state index contributed by atoms with van der Waals surface area (Å²) >= 11 is 0. The minimum Gasteiger partial charge on any atom is -0.356 e. The Balaban J connectivity index is 1.72. The van der Waals surface area contributed by atoms with Crippen LogP contribution in [0.2, 0.25) is 0 Å². The van der Waals surface area contributed by atoms with Gasteiger partial charge < -0.3 is 10.2 Å². The van der Waals surface area contributed by atoms with Crippen LogP contribution in [0.5, 0.6) is 0 Å². The first-order chi connectivity index (χ1) is 11.6. The molecule has 0 fully saturated rings. The lowest BCUT2D eigenvalue weighted by Gasteiger charge is -2.10. The molecule has 24 heavy (non-hydrogen) atoms. The molecule has 2 aromatic rings. The molecule has 0 spiro atoms. The van der Waals surface area contributed by atoms with Crippen molar-refractivity contribution >= 4 is 11.8 Å². The molecule has 0 heterocycles. The maximum absolute atomic E-state index is 11.9. The molecule has 0 saturated heterocycles. The fourth-order valence-corrected chi connectivity index (χ4v) is 2.41. The van der Waals surface area contributed by atoms with Crippen LogP contribution in [0.25, 0.3) is 0 Å². The Hall–Kier alpha value is -2.62. The van der Waals surface area contributed by atoms with Crippen LogP contribution < -0.4 is 5.32 Å². The molecule has 0 unspecified atom stereocenters. The predicted octanol–water partition coefficient (Wildman–Crippen LogP) is 2.68. The van der Waals surface area contributed by atoms with E-state index in [0.29, 0.717) is 24.9 Å². The summed E-state index contributed by atoms with van der Waals surface area (Å²) in [5.74, 6) is 0.0413. The molecule has 0 bridgehead atoms. The van der Waals surface area contributed by atoms with Gasteiger partial charge in [0.15, 0.2) is 0 Å². The van der Waals surface area contributed by atoms with E-state index in [2.05, 4.69) is 17.4 Å². The van der Waals surface area contributed by atoms with E-state index in [1.165, 1.54) is 5.56 Å². The molecule has 2 aromatic carbocycles. The van der Waals surface area contributed by atoms with Crippen LogP contribution in [0.15, 0.2) is 54.6 Å². The van der Waals surface area contributed by atoms with Gasteiger partial charge in [0.05, 0.1) is 0 Å². The molecule has 0 atom stereocenters. The molecule has 0 aromatic heterocycles. The quantitative estimate of drug-likeness (QED) is 0.851. The summed E-state index contributed by atoms with van der Waals surface area (Å²) in [5.41, 5.74) is 2.94. The Morgan fingerprint density at radius 1 is 0.875 bits per heavy atom. The van der Waals surface area contributed by atoms with Crippen LogP contribution in [0.3, 0.4) is 0 Å². The fraction of sp³-hybridized carbons (Fsp3) is 0.300. The first kappa shape index (κ1) is 17.7. The van der Waals surface area contributed by atoms with Gasteiger partial charge in [0.25, 0.3) is 5.91 Å². The summed E-state index contributed by atoms with van der Waals surface area (Å²) in [5, 5.41) is 2.95. The van der Waals surface area contributed by atoms with E-state index >= 15 is 0 Å². The Morgan fingerprint density at radius 2 is 1.50 bits per heavy atom. The third-order valence-corrected chi connectivity index (χ3v) is 3.83. The second kappa shape index (κ2) is 8.87. The molecule has 0 radical (unpaired) electrons. The first-order valence-electron chi connectivity index (χ1n) is 8.17. The van der Waals surface area contributed by atoms with Gasteiger partial charge in [0.2, 0.25) is 5.91 Å². The summed E-state index contributed by atoms with van der Waals surface area (Å²) in [7, 11) is 3.46. The monoisotopic (exact) mass is 324 g/mol. The minimum atomic E-state index is -0.0137. The number of hydrogen-bond donors (Lipinski definition) is 1. The van der Waals surface area contributed by atoms with Crippen LogP contribution in [-0.4, -0.2) is 37.4 Å². The van der Waals surface area contributed by atoms with Crippen LogP contribution in [0.4, 0.5) is 0 Å². The van der Waals surface area contributed by atoms with Crippen LogP contribution in [-0.2, 0) is 17.6 Å². The number of nitrogens with zero attached hydrogens (tertiary/aromatic N) is 1. The zero-order chi connectivity index (χ0) is 17.4. The lowest BCUT2D eigenvalue weighted by molar-refractivity contribution is -0.121. The Morgan fingerprint density at radius 3 is 2.12 bits per heavy atom. The highest BCUT2D eigenvalue weighted by Crippen LogP contribution is 2.08. The average Bonchev–Trinajstić information content (AvgIpc) is 2.60. The van der Waals surface area contributed by atoms with Crippen molar-refractivity contribution < 1.29 is 9.59 Å². The highest BCUT2D eigenvalue weighted by atomic mass is 16.2. The summed E-state index contributed by atoms with van der Waals surface area (Å²) in [4.78, 5) is 25.3. The highest BCUT2D eigenvalue weighted by Gasteiger charge is 2.08. The van der Waals surface area contributed by atoms with Gasteiger partial charge in [-0.1, -0.05) is 42.5 Å². The molecule has 2 amide bonds. The number of amides is 2. The van der Waals surface area contributed by atoms with Crippen molar-refractivity contribution in [2.75, 3.05) is 20.6 Å². The number of carbonyl (C=O) groups excluding carboxylic acids is 2. The maximum atomic E-state index is 11.9. The van der Waals surface area contributed by atoms with E-state index in [1.54, 1.807) is 19.0 Å². The van der Waals surface area contributed by atoms with Gasteiger partial charge in [0, 0.05) is 32.6 Å². The van der Waals surface area contributed by atoms with Crippen LogP contribution in [0, 0.1) is 0 Å². The standard InChI is InChI=1S/C20H24N2O2/c1-22(2)20(24)18-11-8-17(9-12-18)10-13-19(23)21-15-14-16-6-4-3-5-7-16/h3-9,11-12H,10,13-15H2,1-2H3,(H,21,23). The molecule has 126 valence electrons. The van der Waals surface area contributed by atoms with Gasteiger partial charge in [-0.05, 0) is 36.1 Å². The predicted molar refractivity (Wildman–Crippen MR) is 95.9 cm³/mol. The molecule has 4 heteroatoms. The molecule has 0 saturated carbocycles. The zero-order valence-electron chi connectivity index (χ0n) is 14.3. The molecule has 0 aliphatic heterocycles. The number of benzene rings is 2. The van der Waals surface area contributed by atoms with Gasteiger partial charge >= 0.3 is 0 Å². The number of nitrogens with one attached hydrogen (secondary N) is 1. The van der Waals surface area contributed by atoms with Gasteiger partial charge in [-0.3, -0.25) is 9.59 Å². The SMILES string of the molecule is CN(C)C(=O)c1ccc(CCC(=O)NCCc2ccccc2)cc1. The van der Waals surface area contributed by atoms with E-state index in [9.17, 15) is 9.59 Å². The van der Waals surface area contributed by atoms with E-state index in [-0.39, 0.29) is 11.8 Å². The van der Waals surface area contributed by atoms with Gasteiger partial charge in [-0.15, -0.1) is 0 Å². The van der Waals surface area contributed by atoms with E-state index < -0.39 is 0 Å². The van der Waals surface area contributed by atoms with Gasteiger partial charge in [0.1, 0.15) is 0 Å². The highest BCUT2D eigenvalue weighted by molar-refractivity contribution is 5.93. The van der Waals surface area contributed by atoms with Gasteiger partial charge in [-0.25, -0.2) is 0 Å². The Kier molecular flexibility index (Phi) is 6.55. The van der Waals surface area contributed by atoms with Crippen LogP contribution in [0.1, 0.15) is 27.9 Å². The third-order valence-electron chi connectivity index (χ3n) is 3.83. The first-order valence-corrected chi connectivity index (χ1v) is 8.17. The van der Waals surface area contributed by atoms with E-state index in [4.69, 9.17) is 0 Å². The summed E-state index contributed by atoms with van der Waals surface area (Å²) in [6.07, 6.45) is 1.97. The molecular formula is C20H24N2O2. The molecule has 0 aliphatic carbocycles. The summed E-state index contributed by atoms with van der Waals surface area (Å²) < 4.78 is 0. The van der Waals surface area contributed by atoms with E-state index in [1.807, 2.05) is 42.5 Å². The second-order valence-corrected chi connectivity index (χ2v) is 5.98. The number of rotatable bonds is 7. The molecule has 1 N–H and O–H groups in total. The second-order valence-electron chi connectivity index (χ2n) is 5.98. The normalized spacial score (nSPS) is 10.2. The van der Waals surface area contributed by atoms with Crippen molar-refractivity contribution in [1.29, 1.82) is 0 Å². The zero-order valence-corrected chi connectivity index (χ0v) is 14.3. The summed E-state index contributed by atoms with van der Waals surface area (Å²) in [6.45, 7) is 0.652. The lowest BCUT2D eigenvalue weighted by atomic mass is 10.1. The van der Waals surface area contributed by atoms with Crippen LogP contribution >= 0.6 is 0 Å². The van der Waals surface area contributed by atoms with Crippen molar-refractivity contribution in [3.05, 3.63) is 71.3 Å². The number of hydrogen-bond acceptors (Lipinski definition) is 2. The van der Waals surface area contributed by atoms with Gasteiger partial charge in [-0.2, -0.15) is 0 Å². The largest absolute Gasteiger partial charge is 0.356 e. The lowest BCUT2D eigenvalue weighted by Crippen LogP contribution is -2.25. The Labute approximate surface area is 143 Å². The van der Waals surface area contributed by atoms with Crippen molar-refractivity contribution in [2.45, 2.75) is 19.3 Å². The average molecular weight is 324 g/mol. The van der Waals surface area contributed by atoms with E-state index in [0.717, 1.165) is 12.0 Å². The number of carbonyl (C=O) groups is 2. The maximum Gasteiger partial charge on any atom is 0.253 e. The Bertz CT molecular complexity index is 664. The van der Waals surface area contributed by atoms with Crippen molar-refractivity contribution in [3.63, 3.8) is 0 Å². The molecular weight excluding hydrogens is 300 g/mol. The third kappa shape index (κ3) is 5.54.